The fourth-order valence-corrected chi connectivity index (χ4v) is 6.00. The second kappa shape index (κ2) is 30.3. The van der Waals surface area contributed by atoms with Crippen LogP contribution in [0, 0.1) is 0 Å². The van der Waals surface area contributed by atoms with Crippen LogP contribution < -0.4 is 0 Å². The summed E-state index contributed by atoms with van der Waals surface area (Å²) in [5, 5.41) is 30.6. The van der Waals surface area contributed by atoms with Crippen LogP contribution in [0.15, 0.2) is 0 Å². The summed E-state index contributed by atoms with van der Waals surface area (Å²) in [6.45, 7) is 3.70. The van der Waals surface area contributed by atoms with Crippen molar-refractivity contribution in [2.24, 2.45) is 0 Å². The third kappa shape index (κ3) is 21.8. The van der Waals surface area contributed by atoms with Gasteiger partial charge in [0.05, 0.1) is 6.61 Å². The molecule has 0 rings (SSSR count). The van der Waals surface area contributed by atoms with Crippen molar-refractivity contribution in [3.8, 4) is 0 Å². The number of carbonyl (C=O) groups is 2. The highest BCUT2D eigenvalue weighted by Gasteiger charge is 2.48. The van der Waals surface area contributed by atoms with Crippen LogP contribution >= 0.6 is 0 Å². The Balaban J connectivity index is 3.95. The Morgan fingerprint density at radius 3 is 0.881 bits per heavy atom. The minimum atomic E-state index is -2.47. The Kier molecular flexibility index (Phi) is 29.7. The summed E-state index contributed by atoms with van der Waals surface area (Å²) in [5.74, 6) is -1.28. The lowest BCUT2D eigenvalue weighted by atomic mass is 9.82. The molecular formula is C37H72O5. The van der Waals surface area contributed by atoms with E-state index in [1.165, 1.54) is 128 Å². The largest absolute Gasteiger partial charge is 0.394 e. The SMILES string of the molecule is CCCCCCCCCCCCCCCCCC(=O)C(O)(C(=O)CCCCCCCCCCCCCCC)[C@@H](O)CO. The Bertz CT molecular complexity index is 607. The van der Waals surface area contributed by atoms with Crippen LogP contribution in [0.2, 0.25) is 0 Å². The Hall–Kier alpha value is -0.780. The minimum absolute atomic E-state index is 0.0654. The molecule has 42 heavy (non-hydrogen) atoms. The standard InChI is InChI=1S/C37H72O5/c1-3-5-7-9-11-13-15-17-18-20-22-24-26-28-30-32-35(40)37(42,36(41)33-38)34(39)31-29-27-25-23-21-19-16-14-12-10-8-6-4-2/h36,38,41-42H,3-33H2,1-2H3/t36-,37?/m0/s1. The first-order valence-electron chi connectivity index (χ1n) is 18.5. The van der Waals surface area contributed by atoms with E-state index >= 15 is 0 Å². The molecule has 0 heterocycles. The fraction of sp³-hybridized carbons (Fsp3) is 0.946. The van der Waals surface area contributed by atoms with Gasteiger partial charge in [-0.2, -0.15) is 0 Å². The predicted octanol–water partition coefficient (Wildman–Crippen LogP) is 9.95. The van der Waals surface area contributed by atoms with Crippen LogP contribution in [0.25, 0.3) is 0 Å². The summed E-state index contributed by atoms with van der Waals surface area (Å²) in [6.07, 6.45) is 32.2. The van der Waals surface area contributed by atoms with Gasteiger partial charge in [0.2, 0.25) is 5.60 Å². The molecule has 0 saturated heterocycles. The first kappa shape index (κ1) is 41.2. The number of aliphatic hydroxyl groups excluding tert-OH is 2. The molecule has 0 amide bonds. The number of hydrogen-bond donors (Lipinski definition) is 3. The maximum atomic E-state index is 12.8. The van der Waals surface area contributed by atoms with Crippen molar-refractivity contribution < 1.29 is 24.9 Å². The average molecular weight is 597 g/mol. The zero-order chi connectivity index (χ0) is 31.2. The first-order valence-corrected chi connectivity index (χ1v) is 18.5. The van der Waals surface area contributed by atoms with Gasteiger partial charge in [-0.25, -0.2) is 0 Å². The molecule has 5 heteroatoms. The molecule has 0 aromatic heterocycles. The van der Waals surface area contributed by atoms with Crippen LogP contribution in [-0.2, 0) is 9.59 Å². The predicted molar refractivity (Wildman–Crippen MR) is 178 cm³/mol. The van der Waals surface area contributed by atoms with Crippen molar-refractivity contribution in [1.82, 2.24) is 0 Å². The molecule has 0 aromatic rings. The van der Waals surface area contributed by atoms with Crippen LogP contribution in [0.4, 0.5) is 0 Å². The zero-order valence-corrected chi connectivity index (χ0v) is 28.2. The fourth-order valence-electron chi connectivity index (χ4n) is 6.00. The number of unbranched alkanes of at least 4 members (excludes halogenated alkanes) is 26. The normalized spacial score (nSPS) is 13.7. The van der Waals surface area contributed by atoms with E-state index in [4.69, 9.17) is 0 Å². The Labute approximate surface area is 261 Å². The van der Waals surface area contributed by atoms with Gasteiger partial charge in [-0.3, -0.25) is 9.59 Å². The van der Waals surface area contributed by atoms with Crippen LogP contribution in [-0.4, -0.2) is 45.2 Å². The lowest BCUT2D eigenvalue weighted by molar-refractivity contribution is -0.166. The number of ketones is 2. The first-order chi connectivity index (χ1) is 20.4. The number of aliphatic hydroxyl groups is 3. The molecule has 0 saturated carbocycles. The van der Waals surface area contributed by atoms with Gasteiger partial charge < -0.3 is 15.3 Å². The number of Topliss-reactive ketones (excluding diaryl/α,β-unsaturated/α-hetero) is 2. The molecule has 0 spiro atoms. The van der Waals surface area contributed by atoms with Gasteiger partial charge in [-0.05, 0) is 12.8 Å². The van der Waals surface area contributed by atoms with Gasteiger partial charge in [0.15, 0.2) is 11.6 Å². The van der Waals surface area contributed by atoms with E-state index in [9.17, 15) is 24.9 Å². The monoisotopic (exact) mass is 597 g/mol. The molecule has 0 aliphatic rings. The Morgan fingerprint density at radius 2 is 0.667 bits per heavy atom. The van der Waals surface area contributed by atoms with Gasteiger partial charge in [0, 0.05) is 12.8 Å². The van der Waals surface area contributed by atoms with Crippen LogP contribution in [0.1, 0.15) is 206 Å². The smallest absolute Gasteiger partial charge is 0.209 e. The molecule has 3 N–H and O–H groups in total. The van der Waals surface area contributed by atoms with E-state index in [1.54, 1.807) is 0 Å². The van der Waals surface area contributed by atoms with Crippen LogP contribution in [0.3, 0.4) is 0 Å². The van der Waals surface area contributed by atoms with Crippen molar-refractivity contribution in [2.75, 3.05) is 6.61 Å². The molecule has 2 atom stereocenters. The average Bonchev–Trinajstić information content (AvgIpc) is 3.00. The molecule has 5 nitrogen and oxygen atoms in total. The zero-order valence-electron chi connectivity index (χ0n) is 28.2. The summed E-state index contributed by atoms with van der Waals surface area (Å²) in [4.78, 5) is 25.7. The topological polar surface area (TPSA) is 94.8 Å². The second-order valence-electron chi connectivity index (χ2n) is 13.0. The molecule has 0 aliphatic heterocycles. The number of rotatable bonds is 34. The summed E-state index contributed by atoms with van der Waals surface area (Å²) in [7, 11) is 0. The van der Waals surface area contributed by atoms with Gasteiger partial charge in [-0.1, -0.05) is 181 Å². The summed E-state index contributed by atoms with van der Waals surface area (Å²) >= 11 is 0. The molecule has 0 aromatic carbocycles. The molecule has 0 radical (unpaired) electrons. The number of carbonyl (C=O) groups excluding carboxylic acids is 2. The van der Waals surface area contributed by atoms with E-state index in [0.717, 1.165) is 38.5 Å². The maximum Gasteiger partial charge on any atom is 0.209 e. The van der Waals surface area contributed by atoms with Crippen molar-refractivity contribution in [3.63, 3.8) is 0 Å². The lowest BCUT2D eigenvalue weighted by Gasteiger charge is -2.29. The highest BCUT2D eigenvalue weighted by atomic mass is 16.4. The van der Waals surface area contributed by atoms with E-state index in [2.05, 4.69) is 13.8 Å². The highest BCUT2D eigenvalue weighted by molar-refractivity contribution is 6.10. The summed E-state index contributed by atoms with van der Waals surface area (Å²) in [5.41, 5.74) is -2.47. The molecule has 250 valence electrons. The molecular weight excluding hydrogens is 524 g/mol. The highest BCUT2D eigenvalue weighted by Crippen LogP contribution is 2.22. The third-order valence-electron chi connectivity index (χ3n) is 9.02. The Morgan fingerprint density at radius 1 is 0.452 bits per heavy atom. The van der Waals surface area contributed by atoms with Gasteiger partial charge >= 0.3 is 0 Å². The molecule has 0 aliphatic carbocycles. The molecule has 1 unspecified atom stereocenters. The lowest BCUT2D eigenvalue weighted by Crippen LogP contribution is -2.57. The van der Waals surface area contributed by atoms with Gasteiger partial charge in [0.25, 0.3) is 0 Å². The quantitative estimate of drug-likeness (QED) is 0.0507. The van der Waals surface area contributed by atoms with E-state index < -0.39 is 29.9 Å². The second-order valence-corrected chi connectivity index (χ2v) is 13.0. The number of hydrogen-bond acceptors (Lipinski definition) is 5. The van der Waals surface area contributed by atoms with Gasteiger partial charge in [0.1, 0.15) is 6.10 Å². The third-order valence-corrected chi connectivity index (χ3v) is 9.02. The van der Waals surface area contributed by atoms with E-state index in [0.29, 0.717) is 12.8 Å². The van der Waals surface area contributed by atoms with Crippen LogP contribution in [0.5, 0.6) is 0 Å². The van der Waals surface area contributed by atoms with Gasteiger partial charge in [-0.15, -0.1) is 0 Å². The van der Waals surface area contributed by atoms with E-state index in [-0.39, 0.29) is 12.8 Å². The molecule has 0 bridgehead atoms. The van der Waals surface area contributed by atoms with Crippen molar-refractivity contribution in [3.05, 3.63) is 0 Å². The van der Waals surface area contributed by atoms with E-state index in [1.807, 2.05) is 0 Å². The summed E-state index contributed by atoms with van der Waals surface area (Å²) < 4.78 is 0. The minimum Gasteiger partial charge on any atom is -0.394 e. The van der Waals surface area contributed by atoms with Crippen molar-refractivity contribution in [2.45, 2.75) is 218 Å². The van der Waals surface area contributed by atoms with Crippen molar-refractivity contribution in [1.29, 1.82) is 0 Å². The maximum absolute atomic E-state index is 12.8. The van der Waals surface area contributed by atoms with Crippen molar-refractivity contribution >= 4 is 11.6 Å². The molecule has 0 fully saturated rings. The summed E-state index contributed by atoms with van der Waals surface area (Å²) in [6, 6.07) is 0.